The first-order valence-corrected chi connectivity index (χ1v) is 7.83. The summed E-state index contributed by atoms with van der Waals surface area (Å²) in [4.78, 5) is 17.7. The topological polar surface area (TPSA) is 77.7 Å². The summed E-state index contributed by atoms with van der Waals surface area (Å²) in [6.45, 7) is 4.73. The summed E-state index contributed by atoms with van der Waals surface area (Å²) < 4.78 is 7.08. The van der Waals surface area contributed by atoms with E-state index in [4.69, 9.17) is 9.57 Å². The van der Waals surface area contributed by atoms with E-state index in [1.165, 1.54) is 0 Å². The molecule has 0 bridgehead atoms. The summed E-state index contributed by atoms with van der Waals surface area (Å²) in [5.41, 5.74) is 3.15. The van der Waals surface area contributed by atoms with E-state index in [0.29, 0.717) is 17.9 Å². The number of amides is 1. The second-order valence-electron chi connectivity index (χ2n) is 5.51. The number of hydrogen-bond donors (Lipinski definition) is 1. The number of rotatable bonds is 5. The van der Waals surface area contributed by atoms with E-state index in [9.17, 15) is 4.79 Å². The standard InChI is InChI=1S/C17H20N4O3/c1-4-21-10-12(11(2)19-21)14-9-16(24-20-14)17(22)18-13-7-5-6-8-15(13)23-3/h5-8,10,16H,4,9H2,1-3H3,(H,18,22). The Morgan fingerprint density at radius 1 is 1.46 bits per heavy atom. The van der Waals surface area contributed by atoms with Crippen LogP contribution >= 0.6 is 0 Å². The van der Waals surface area contributed by atoms with Crippen LogP contribution in [0.15, 0.2) is 35.6 Å². The van der Waals surface area contributed by atoms with Gasteiger partial charge in [-0.3, -0.25) is 9.48 Å². The van der Waals surface area contributed by atoms with Crippen LogP contribution in [-0.4, -0.2) is 34.6 Å². The molecule has 0 saturated carbocycles. The van der Waals surface area contributed by atoms with Crippen LogP contribution in [0.25, 0.3) is 0 Å². The summed E-state index contributed by atoms with van der Waals surface area (Å²) >= 11 is 0. The molecule has 2 heterocycles. The SMILES string of the molecule is CCn1cc(C2=NOC(C(=O)Nc3ccccc3OC)C2)c(C)n1. The molecule has 0 aliphatic carbocycles. The Bertz CT molecular complexity index is 782. The first-order valence-electron chi connectivity index (χ1n) is 7.83. The molecule has 0 fully saturated rings. The molecule has 1 atom stereocenters. The number of hydrogen-bond acceptors (Lipinski definition) is 5. The number of nitrogens with one attached hydrogen (secondary N) is 1. The summed E-state index contributed by atoms with van der Waals surface area (Å²) in [6.07, 6.45) is 1.68. The van der Waals surface area contributed by atoms with Crippen LogP contribution in [0.4, 0.5) is 5.69 Å². The van der Waals surface area contributed by atoms with Gasteiger partial charge in [0, 0.05) is 24.7 Å². The minimum Gasteiger partial charge on any atom is -0.495 e. The van der Waals surface area contributed by atoms with Gasteiger partial charge in [0.2, 0.25) is 6.10 Å². The van der Waals surface area contributed by atoms with Gasteiger partial charge in [0.1, 0.15) is 5.75 Å². The van der Waals surface area contributed by atoms with Crippen molar-refractivity contribution < 1.29 is 14.4 Å². The third-order valence-corrected chi connectivity index (χ3v) is 3.91. The lowest BCUT2D eigenvalue weighted by Crippen LogP contribution is -2.28. The quantitative estimate of drug-likeness (QED) is 0.914. The minimum absolute atomic E-state index is 0.251. The number of aryl methyl sites for hydroxylation is 2. The molecule has 0 spiro atoms. The van der Waals surface area contributed by atoms with Crippen LogP contribution in [0.1, 0.15) is 24.6 Å². The van der Waals surface area contributed by atoms with Crippen molar-refractivity contribution in [2.24, 2.45) is 5.16 Å². The number of aromatic nitrogens is 2. The lowest BCUT2D eigenvalue weighted by atomic mass is 10.1. The zero-order valence-electron chi connectivity index (χ0n) is 13.9. The molecule has 1 amide bonds. The summed E-state index contributed by atoms with van der Waals surface area (Å²) in [6, 6.07) is 7.24. The van der Waals surface area contributed by atoms with Gasteiger partial charge in [-0.15, -0.1) is 0 Å². The van der Waals surface area contributed by atoms with Gasteiger partial charge in [-0.1, -0.05) is 17.3 Å². The van der Waals surface area contributed by atoms with Gasteiger partial charge in [-0.25, -0.2) is 0 Å². The van der Waals surface area contributed by atoms with Crippen molar-refractivity contribution in [2.75, 3.05) is 12.4 Å². The predicted octanol–water partition coefficient (Wildman–Crippen LogP) is 2.35. The van der Waals surface area contributed by atoms with Crippen LogP contribution in [0.2, 0.25) is 0 Å². The van der Waals surface area contributed by atoms with Gasteiger partial charge in [0.25, 0.3) is 5.91 Å². The molecular formula is C17H20N4O3. The fourth-order valence-electron chi connectivity index (χ4n) is 2.60. The molecule has 1 unspecified atom stereocenters. The highest BCUT2D eigenvalue weighted by molar-refractivity contribution is 6.06. The predicted molar refractivity (Wildman–Crippen MR) is 90.3 cm³/mol. The number of anilines is 1. The number of carbonyl (C=O) groups excluding carboxylic acids is 1. The maximum Gasteiger partial charge on any atom is 0.268 e. The lowest BCUT2D eigenvalue weighted by molar-refractivity contribution is -0.125. The Kier molecular flexibility index (Phi) is 4.50. The normalized spacial score (nSPS) is 16.5. The van der Waals surface area contributed by atoms with E-state index < -0.39 is 6.10 Å². The third kappa shape index (κ3) is 3.10. The molecular weight excluding hydrogens is 308 g/mol. The van der Waals surface area contributed by atoms with E-state index >= 15 is 0 Å². The Morgan fingerprint density at radius 3 is 2.96 bits per heavy atom. The van der Waals surface area contributed by atoms with E-state index in [0.717, 1.165) is 23.5 Å². The molecule has 0 radical (unpaired) electrons. The van der Waals surface area contributed by atoms with Crippen LogP contribution in [-0.2, 0) is 16.2 Å². The molecule has 3 rings (SSSR count). The van der Waals surface area contributed by atoms with Crippen LogP contribution in [0, 0.1) is 6.92 Å². The smallest absolute Gasteiger partial charge is 0.268 e. The Labute approximate surface area is 140 Å². The number of methoxy groups -OCH3 is 1. The molecule has 7 nitrogen and oxygen atoms in total. The van der Waals surface area contributed by atoms with Crippen molar-refractivity contribution in [3.8, 4) is 5.75 Å². The van der Waals surface area contributed by atoms with Crippen LogP contribution < -0.4 is 10.1 Å². The molecule has 0 saturated heterocycles. The zero-order chi connectivity index (χ0) is 17.1. The zero-order valence-corrected chi connectivity index (χ0v) is 13.9. The Hall–Kier alpha value is -2.83. The molecule has 2 aromatic rings. The van der Waals surface area contributed by atoms with Crippen LogP contribution in [0.3, 0.4) is 0 Å². The number of carbonyl (C=O) groups is 1. The number of nitrogens with zero attached hydrogens (tertiary/aromatic N) is 3. The fourth-order valence-corrected chi connectivity index (χ4v) is 2.60. The van der Waals surface area contributed by atoms with Gasteiger partial charge in [0.05, 0.1) is 24.2 Å². The first kappa shape index (κ1) is 16.0. The summed E-state index contributed by atoms with van der Waals surface area (Å²) in [5, 5.41) is 11.3. The lowest BCUT2D eigenvalue weighted by Gasteiger charge is -2.12. The van der Waals surface area contributed by atoms with Gasteiger partial charge >= 0.3 is 0 Å². The molecule has 126 valence electrons. The molecule has 7 heteroatoms. The van der Waals surface area contributed by atoms with Crippen molar-refractivity contribution in [3.63, 3.8) is 0 Å². The molecule has 24 heavy (non-hydrogen) atoms. The average molecular weight is 328 g/mol. The molecule has 1 N–H and O–H groups in total. The maximum absolute atomic E-state index is 12.4. The first-order chi connectivity index (χ1) is 11.6. The largest absolute Gasteiger partial charge is 0.495 e. The van der Waals surface area contributed by atoms with Gasteiger partial charge in [0.15, 0.2) is 0 Å². The molecule has 1 aliphatic rings. The fraction of sp³-hybridized carbons (Fsp3) is 0.353. The van der Waals surface area contributed by atoms with Crippen molar-refractivity contribution in [2.45, 2.75) is 32.9 Å². The number of oxime groups is 1. The summed E-state index contributed by atoms with van der Waals surface area (Å²) in [7, 11) is 1.56. The summed E-state index contributed by atoms with van der Waals surface area (Å²) in [5.74, 6) is 0.351. The monoisotopic (exact) mass is 328 g/mol. The molecule has 1 aliphatic heterocycles. The van der Waals surface area contributed by atoms with Crippen molar-refractivity contribution in [1.29, 1.82) is 0 Å². The van der Waals surface area contributed by atoms with E-state index in [1.807, 2.05) is 36.9 Å². The van der Waals surface area contributed by atoms with Gasteiger partial charge in [-0.05, 0) is 26.0 Å². The second-order valence-corrected chi connectivity index (χ2v) is 5.51. The highest BCUT2D eigenvalue weighted by Crippen LogP contribution is 2.25. The average Bonchev–Trinajstić information content (AvgIpc) is 3.21. The maximum atomic E-state index is 12.4. The number of ether oxygens (including phenoxy) is 1. The van der Waals surface area contributed by atoms with E-state index in [1.54, 1.807) is 19.2 Å². The number of para-hydroxylation sites is 2. The van der Waals surface area contributed by atoms with Gasteiger partial charge < -0.3 is 14.9 Å². The van der Waals surface area contributed by atoms with Crippen LogP contribution in [0.5, 0.6) is 5.75 Å². The third-order valence-electron chi connectivity index (χ3n) is 3.91. The second kappa shape index (κ2) is 6.74. The Balaban J connectivity index is 1.68. The highest BCUT2D eigenvalue weighted by Gasteiger charge is 2.30. The molecule has 1 aromatic carbocycles. The molecule has 1 aromatic heterocycles. The Morgan fingerprint density at radius 2 is 2.25 bits per heavy atom. The van der Waals surface area contributed by atoms with Crippen molar-refractivity contribution in [1.82, 2.24) is 9.78 Å². The van der Waals surface area contributed by atoms with E-state index in [2.05, 4.69) is 15.6 Å². The van der Waals surface area contributed by atoms with Gasteiger partial charge in [-0.2, -0.15) is 5.10 Å². The van der Waals surface area contributed by atoms with E-state index in [-0.39, 0.29) is 5.91 Å². The highest BCUT2D eigenvalue weighted by atomic mass is 16.6. The number of benzene rings is 1. The minimum atomic E-state index is -0.658. The van der Waals surface area contributed by atoms with Crippen molar-refractivity contribution in [3.05, 3.63) is 41.7 Å². The van der Waals surface area contributed by atoms with Crippen molar-refractivity contribution >= 4 is 17.3 Å².